The van der Waals surface area contributed by atoms with Gasteiger partial charge in [-0.15, -0.1) is 11.3 Å². The molecule has 0 radical (unpaired) electrons. The Bertz CT molecular complexity index is 696. The van der Waals surface area contributed by atoms with E-state index >= 15 is 0 Å². The molecule has 7 heteroatoms. The topological polar surface area (TPSA) is 64.6 Å². The van der Waals surface area contributed by atoms with Crippen LogP contribution in [0.25, 0.3) is 0 Å². The highest BCUT2D eigenvalue weighted by Gasteiger charge is 2.20. The van der Waals surface area contributed by atoms with Crippen molar-refractivity contribution in [3.63, 3.8) is 0 Å². The summed E-state index contributed by atoms with van der Waals surface area (Å²) in [5, 5.41) is 1.73. The number of benzene rings is 1. The standard InChI is InChI=1S/C14H17NO4S2/c1-10(15-21(16,17)14-5-4-8-20-14)11-6-7-12(18-2)13(9-11)19-3/h4-10,15H,1-3H3. The van der Waals surface area contributed by atoms with Crippen molar-refractivity contribution < 1.29 is 17.9 Å². The lowest BCUT2D eigenvalue weighted by Crippen LogP contribution is -2.26. The monoisotopic (exact) mass is 327 g/mol. The van der Waals surface area contributed by atoms with Gasteiger partial charge in [-0.3, -0.25) is 0 Å². The number of hydrogen-bond acceptors (Lipinski definition) is 5. The fraction of sp³-hybridized carbons (Fsp3) is 0.286. The molecule has 0 aliphatic rings. The van der Waals surface area contributed by atoms with E-state index in [1.165, 1.54) is 11.3 Å². The van der Waals surface area contributed by atoms with Gasteiger partial charge in [0.2, 0.25) is 0 Å². The van der Waals surface area contributed by atoms with Gasteiger partial charge in [-0.2, -0.15) is 0 Å². The predicted molar refractivity (Wildman–Crippen MR) is 82.6 cm³/mol. The van der Waals surface area contributed by atoms with E-state index in [1.807, 2.05) is 6.07 Å². The summed E-state index contributed by atoms with van der Waals surface area (Å²) < 4.78 is 37.7. The van der Waals surface area contributed by atoms with Crippen LogP contribution in [-0.2, 0) is 10.0 Å². The van der Waals surface area contributed by atoms with Crippen LogP contribution in [0.5, 0.6) is 11.5 Å². The molecule has 0 bridgehead atoms. The Balaban J connectivity index is 2.23. The van der Waals surface area contributed by atoms with Gasteiger partial charge in [-0.05, 0) is 36.1 Å². The maximum absolute atomic E-state index is 12.2. The van der Waals surface area contributed by atoms with Crippen LogP contribution >= 0.6 is 11.3 Å². The van der Waals surface area contributed by atoms with Gasteiger partial charge in [-0.25, -0.2) is 13.1 Å². The number of thiophene rings is 1. The second-order valence-corrected chi connectivity index (χ2v) is 7.28. The second kappa shape index (κ2) is 6.46. The first-order valence-electron chi connectivity index (χ1n) is 6.25. The number of ether oxygens (including phenoxy) is 2. The molecule has 1 atom stereocenters. The molecule has 5 nitrogen and oxygen atoms in total. The maximum atomic E-state index is 12.2. The first kappa shape index (κ1) is 15.8. The van der Waals surface area contributed by atoms with Crippen molar-refractivity contribution in [1.82, 2.24) is 4.72 Å². The average molecular weight is 327 g/mol. The Hall–Kier alpha value is -1.57. The highest BCUT2D eigenvalue weighted by atomic mass is 32.2. The van der Waals surface area contributed by atoms with E-state index in [4.69, 9.17) is 9.47 Å². The lowest BCUT2D eigenvalue weighted by atomic mass is 10.1. The van der Waals surface area contributed by atoms with Crippen LogP contribution in [0.15, 0.2) is 39.9 Å². The molecule has 0 aliphatic carbocycles. The van der Waals surface area contributed by atoms with Crippen molar-refractivity contribution >= 4 is 21.4 Å². The number of nitrogens with one attached hydrogen (secondary N) is 1. The van der Waals surface area contributed by atoms with Gasteiger partial charge in [0.1, 0.15) is 4.21 Å². The van der Waals surface area contributed by atoms with E-state index in [0.29, 0.717) is 15.7 Å². The Morgan fingerprint density at radius 2 is 1.86 bits per heavy atom. The van der Waals surface area contributed by atoms with Crippen molar-refractivity contribution in [2.45, 2.75) is 17.2 Å². The molecule has 114 valence electrons. The van der Waals surface area contributed by atoms with E-state index < -0.39 is 10.0 Å². The maximum Gasteiger partial charge on any atom is 0.250 e. The number of hydrogen-bond donors (Lipinski definition) is 1. The summed E-state index contributed by atoms with van der Waals surface area (Å²) in [6.07, 6.45) is 0. The Morgan fingerprint density at radius 3 is 2.43 bits per heavy atom. The van der Waals surface area contributed by atoms with E-state index in [-0.39, 0.29) is 6.04 Å². The molecule has 0 spiro atoms. The zero-order valence-corrected chi connectivity index (χ0v) is 13.6. The summed E-state index contributed by atoms with van der Waals surface area (Å²) in [6, 6.07) is 8.24. The van der Waals surface area contributed by atoms with E-state index in [2.05, 4.69) is 4.72 Å². The van der Waals surface area contributed by atoms with Gasteiger partial charge in [0, 0.05) is 6.04 Å². The molecule has 1 unspecified atom stereocenters. The number of rotatable bonds is 6. The van der Waals surface area contributed by atoms with Crippen LogP contribution in [-0.4, -0.2) is 22.6 Å². The van der Waals surface area contributed by atoms with Crippen LogP contribution in [0.2, 0.25) is 0 Å². The SMILES string of the molecule is COc1ccc(C(C)NS(=O)(=O)c2cccs2)cc1OC. The molecule has 1 N–H and O–H groups in total. The van der Waals surface area contributed by atoms with Crippen LogP contribution < -0.4 is 14.2 Å². The molecule has 1 aromatic heterocycles. The van der Waals surface area contributed by atoms with Gasteiger partial charge < -0.3 is 9.47 Å². The minimum Gasteiger partial charge on any atom is -0.493 e. The number of sulfonamides is 1. The molecule has 2 aromatic rings. The van der Waals surface area contributed by atoms with Gasteiger partial charge >= 0.3 is 0 Å². The zero-order chi connectivity index (χ0) is 15.5. The highest BCUT2D eigenvalue weighted by molar-refractivity contribution is 7.91. The summed E-state index contributed by atoms with van der Waals surface area (Å²) in [6.45, 7) is 1.78. The van der Waals surface area contributed by atoms with Gasteiger partial charge in [0.05, 0.1) is 14.2 Å². The fourth-order valence-electron chi connectivity index (χ4n) is 1.90. The summed E-state index contributed by atoms with van der Waals surface area (Å²) in [4.78, 5) is 0. The third kappa shape index (κ3) is 3.55. The van der Waals surface area contributed by atoms with Crippen molar-refractivity contribution in [2.24, 2.45) is 0 Å². The molecular formula is C14H17NO4S2. The summed E-state index contributed by atoms with van der Waals surface area (Å²) in [5.41, 5.74) is 0.799. The molecule has 21 heavy (non-hydrogen) atoms. The van der Waals surface area contributed by atoms with Crippen molar-refractivity contribution in [3.8, 4) is 11.5 Å². The fourth-order valence-corrected chi connectivity index (χ4v) is 4.14. The quantitative estimate of drug-likeness (QED) is 0.886. The van der Waals surface area contributed by atoms with E-state index in [1.54, 1.807) is 50.8 Å². The van der Waals surface area contributed by atoms with Gasteiger partial charge in [0.15, 0.2) is 11.5 Å². The predicted octanol–water partition coefficient (Wildman–Crippen LogP) is 2.80. The summed E-state index contributed by atoms with van der Waals surface area (Å²) >= 11 is 1.19. The zero-order valence-electron chi connectivity index (χ0n) is 12.0. The average Bonchev–Trinajstić information content (AvgIpc) is 3.01. The molecule has 0 fully saturated rings. The van der Waals surface area contributed by atoms with E-state index in [9.17, 15) is 8.42 Å². The van der Waals surface area contributed by atoms with Crippen molar-refractivity contribution in [3.05, 3.63) is 41.3 Å². The lowest BCUT2D eigenvalue weighted by Gasteiger charge is -2.16. The van der Waals surface area contributed by atoms with Crippen molar-refractivity contribution in [1.29, 1.82) is 0 Å². The Morgan fingerprint density at radius 1 is 1.14 bits per heavy atom. The normalized spacial score (nSPS) is 12.9. The molecule has 1 aromatic carbocycles. The third-order valence-corrected chi connectivity index (χ3v) is 5.94. The Labute approximate surface area is 128 Å². The minimum atomic E-state index is -3.50. The van der Waals surface area contributed by atoms with Crippen LogP contribution in [0.4, 0.5) is 0 Å². The van der Waals surface area contributed by atoms with E-state index in [0.717, 1.165) is 5.56 Å². The number of methoxy groups -OCH3 is 2. The molecule has 2 rings (SSSR count). The Kier molecular flexibility index (Phi) is 4.87. The van der Waals surface area contributed by atoms with Gasteiger partial charge in [-0.1, -0.05) is 12.1 Å². The van der Waals surface area contributed by atoms with Crippen LogP contribution in [0.3, 0.4) is 0 Å². The van der Waals surface area contributed by atoms with Crippen LogP contribution in [0, 0.1) is 0 Å². The summed E-state index contributed by atoms with van der Waals surface area (Å²) in [7, 11) is -0.403. The lowest BCUT2D eigenvalue weighted by molar-refractivity contribution is 0.354. The first-order chi connectivity index (χ1) is 9.97. The first-order valence-corrected chi connectivity index (χ1v) is 8.62. The largest absolute Gasteiger partial charge is 0.493 e. The molecular weight excluding hydrogens is 310 g/mol. The third-order valence-electron chi connectivity index (χ3n) is 3.00. The molecule has 0 aliphatic heterocycles. The smallest absolute Gasteiger partial charge is 0.250 e. The molecule has 1 heterocycles. The highest BCUT2D eigenvalue weighted by Crippen LogP contribution is 2.30. The molecule has 0 amide bonds. The summed E-state index contributed by atoms with van der Waals surface area (Å²) in [5.74, 6) is 1.17. The minimum absolute atomic E-state index is 0.301. The van der Waals surface area contributed by atoms with Gasteiger partial charge in [0.25, 0.3) is 10.0 Å². The second-order valence-electron chi connectivity index (χ2n) is 4.39. The van der Waals surface area contributed by atoms with Crippen LogP contribution in [0.1, 0.15) is 18.5 Å². The van der Waals surface area contributed by atoms with Crippen molar-refractivity contribution in [2.75, 3.05) is 14.2 Å². The molecule has 0 saturated heterocycles. The molecule has 0 saturated carbocycles.